The lowest BCUT2D eigenvalue weighted by Gasteiger charge is -2.33. The van der Waals surface area contributed by atoms with Crippen LogP contribution in [-0.4, -0.2) is 68.3 Å². The second-order valence-electron chi connectivity index (χ2n) is 11.6. The number of methoxy groups -OCH3 is 1. The third-order valence-corrected chi connectivity index (χ3v) is 9.63. The minimum absolute atomic E-state index is 0.0540. The van der Waals surface area contributed by atoms with E-state index in [1.165, 1.54) is 36.3 Å². The van der Waals surface area contributed by atoms with E-state index in [2.05, 4.69) is 16.6 Å². The predicted octanol–water partition coefficient (Wildman–Crippen LogP) is 5.34. The number of halogens is 2. The number of aromatic nitrogens is 5. The van der Waals surface area contributed by atoms with Crippen molar-refractivity contribution in [2.75, 3.05) is 31.8 Å². The van der Waals surface area contributed by atoms with Gasteiger partial charge >= 0.3 is 0 Å². The molecule has 1 amide bonds. The monoisotopic (exact) mass is 645 g/mol. The van der Waals surface area contributed by atoms with Crippen LogP contribution in [0, 0.1) is 11.6 Å². The van der Waals surface area contributed by atoms with E-state index in [1.807, 2.05) is 47.0 Å². The second-order valence-corrected chi connectivity index (χ2v) is 12.5. The third kappa shape index (κ3) is 5.13. The molecule has 2 aliphatic heterocycles. The van der Waals surface area contributed by atoms with Crippen LogP contribution in [0.4, 0.5) is 14.6 Å². The van der Waals surface area contributed by atoms with Gasteiger partial charge in [-0.25, -0.2) is 13.8 Å². The lowest BCUT2D eigenvalue weighted by atomic mass is 9.98. The minimum atomic E-state index is -0.767. The fraction of sp³-hybridized carbons (Fsp3) is 0.333. The van der Waals surface area contributed by atoms with Gasteiger partial charge in [0.25, 0.3) is 0 Å². The molecule has 0 bridgehead atoms. The van der Waals surface area contributed by atoms with Gasteiger partial charge in [0.2, 0.25) is 5.91 Å². The number of rotatable bonds is 8. The van der Waals surface area contributed by atoms with E-state index >= 15 is 4.39 Å². The number of nitrogens with zero attached hydrogens (tertiary/aromatic N) is 7. The average molecular weight is 646 g/mol. The average Bonchev–Trinajstić information content (AvgIpc) is 3.78. The minimum Gasteiger partial charge on any atom is -0.490 e. The Labute approximate surface area is 268 Å². The number of thiophene rings is 1. The molecule has 0 radical (unpaired) electrons. The highest BCUT2D eigenvalue weighted by Crippen LogP contribution is 2.47. The van der Waals surface area contributed by atoms with Crippen molar-refractivity contribution in [2.24, 2.45) is 7.05 Å². The maximum atomic E-state index is 16.0. The van der Waals surface area contributed by atoms with Crippen LogP contribution in [-0.2, 0) is 42.6 Å². The number of hydrogen-bond acceptors (Lipinski definition) is 8. The Hall–Kier alpha value is -4.62. The molecule has 46 heavy (non-hydrogen) atoms. The Bertz CT molecular complexity index is 1980. The number of carbonyl (C=O) groups excluding carboxylic acids is 1. The molecule has 5 aromatic rings. The summed E-state index contributed by atoms with van der Waals surface area (Å²) in [6.07, 6.45) is 4.00. The summed E-state index contributed by atoms with van der Waals surface area (Å²) < 4.78 is 46.3. The molecule has 1 aromatic carbocycles. The molecule has 10 nitrogen and oxygen atoms in total. The Morgan fingerprint density at radius 1 is 1.20 bits per heavy atom. The van der Waals surface area contributed by atoms with Crippen molar-refractivity contribution < 1.29 is 23.0 Å². The number of hydrogen-bond donors (Lipinski definition) is 0. The van der Waals surface area contributed by atoms with Gasteiger partial charge in [0.15, 0.2) is 0 Å². The summed E-state index contributed by atoms with van der Waals surface area (Å²) in [4.78, 5) is 21.8. The topological polar surface area (TPSA) is 90.5 Å². The molecule has 2 aliphatic rings. The number of amides is 1. The number of ether oxygens (including phenoxy) is 2. The van der Waals surface area contributed by atoms with Crippen molar-refractivity contribution >= 4 is 33.1 Å². The van der Waals surface area contributed by atoms with Crippen LogP contribution in [0.25, 0.3) is 32.6 Å². The van der Waals surface area contributed by atoms with Gasteiger partial charge < -0.3 is 19.3 Å². The molecule has 0 saturated carbocycles. The van der Waals surface area contributed by atoms with Crippen molar-refractivity contribution in [3.05, 3.63) is 77.1 Å². The molecule has 0 spiro atoms. The van der Waals surface area contributed by atoms with Crippen LogP contribution in [0.1, 0.15) is 23.9 Å². The normalized spacial score (nSPS) is 16.1. The van der Waals surface area contributed by atoms with E-state index in [-0.39, 0.29) is 36.5 Å². The molecule has 4 aromatic heterocycles. The molecule has 0 aliphatic carbocycles. The first-order valence-electron chi connectivity index (χ1n) is 15.0. The first-order valence-corrected chi connectivity index (χ1v) is 15.9. The highest BCUT2D eigenvalue weighted by atomic mass is 32.1. The van der Waals surface area contributed by atoms with Crippen molar-refractivity contribution in [2.45, 2.75) is 39.0 Å². The van der Waals surface area contributed by atoms with Crippen LogP contribution in [0.15, 0.2) is 48.5 Å². The number of aryl methyl sites for hydroxylation is 1. The maximum Gasteiger partial charge on any atom is 0.246 e. The highest BCUT2D eigenvalue weighted by molar-refractivity contribution is 7.18. The van der Waals surface area contributed by atoms with Crippen LogP contribution in [0.2, 0.25) is 0 Å². The van der Waals surface area contributed by atoms with E-state index in [4.69, 9.17) is 19.6 Å². The summed E-state index contributed by atoms with van der Waals surface area (Å²) in [5.74, 6) is -0.874. The number of fused-ring (bicyclic) bond motifs is 3. The van der Waals surface area contributed by atoms with E-state index < -0.39 is 11.6 Å². The molecule has 0 saturated heterocycles. The quantitative estimate of drug-likeness (QED) is 0.166. The Kier molecular flexibility index (Phi) is 7.81. The van der Waals surface area contributed by atoms with Gasteiger partial charge in [-0.3, -0.25) is 14.2 Å². The zero-order chi connectivity index (χ0) is 32.1. The second kappa shape index (κ2) is 12.0. The van der Waals surface area contributed by atoms with E-state index in [9.17, 15) is 9.18 Å². The van der Waals surface area contributed by atoms with Crippen LogP contribution < -0.4 is 9.64 Å². The molecule has 1 atom stereocenters. The standard InChI is InChI=1S/C33H33F2N7O3S/c1-5-28(43)41-18-22-14-25(38-42(22)16-19(41)2)31-30(29-24(35)12-21(34)13-27(29)45-10-9-44-4)32-23(7-11-46-32)33(37-31)40-8-6-26-20(17-40)15-36-39(26)3/h5,7,11-15,19H,1,6,8-10,16-18H2,2-4H3/t19-/m1/s1. The number of pyridine rings is 1. The molecule has 7 rings (SSSR count). The van der Waals surface area contributed by atoms with Crippen molar-refractivity contribution in [1.29, 1.82) is 0 Å². The van der Waals surface area contributed by atoms with Crippen molar-refractivity contribution in [1.82, 2.24) is 29.4 Å². The Morgan fingerprint density at radius 2 is 2.04 bits per heavy atom. The lowest BCUT2D eigenvalue weighted by Crippen LogP contribution is -2.44. The fourth-order valence-electron chi connectivity index (χ4n) is 6.43. The number of carbonyl (C=O) groups is 1. The summed E-state index contributed by atoms with van der Waals surface area (Å²) in [6, 6.07) is 5.83. The van der Waals surface area contributed by atoms with Crippen molar-refractivity contribution in [3.63, 3.8) is 0 Å². The smallest absolute Gasteiger partial charge is 0.246 e. The molecule has 238 valence electrons. The highest BCUT2D eigenvalue weighted by Gasteiger charge is 2.32. The fourth-order valence-corrected chi connectivity index (χ4v) is 7.37. The maximum absolute atomic E-state index is 16.0. The van der Waals surface area contributed by atoms with E-state index in [0.29, 0.717) is 36.6 Å². The first kappa shape index (κ1) is 30.1. The van der Waals surface area contributed by atoms with Gasteiger partial charge in [0, 0.05) is 78.7 Å². The zero-order valence-corrected chi connectivity index (χ0v) is 26.6. The van der Waals surface area contributed by atoms with Gasteiger partial charge in [-0.1, -0.05) is 6.58 Å². The molecule has 0 N–H and O–H groups in total. The predicted molar refractivity (Wildman–Crippen MR) is 172 cm³/mol. The summed E-state index contributed by atoms with van der Waals surface area (Å²) >= 11 is 1.46. The molecule has 13 heteroatoms. The summed E-state index contributed by atoms with van der Waals surface area (Å²) in [5.41, 5.74) is 4.68. The van der Waals surface area contributed by atoms with Gasteiger partial charge in [-0.05, 0) is 30.5 Å². The van der Waals surface area contributed by atoms with Crippen LogP contribution in [0.3, 0.4) is 0 Å². The Morgan fingerprint density at radius 3 is 2.85 bits per heavy atom. The third-order valence-electron chi connectivity index (χ3n) is 8.69. The van der Waals surface area contributed by atoms with Gasteiger partial charge in [-0.2, -0.15) is 10.2 Å². The van der Waals surface area contributed by atoms with Gasteiger partial charge in [-0.15, -0.1) is 11.3 Å². The SMILES string of the molecule is C=CC(=O)N1Cc2cc(-c3nc(N4CCc5c(cnn5C)C4)c4ccsc4c3-c3c(F)cc(F)cc3OCCOC)nn2C[C@H]1C. The van der Waals surface area contributed by atoms with E-state index in [0.717, 1.165) is 46.2 Å². The zero-order valence-electron chi connectivity index (χ0n) is 25.8. The molecular formula is C33H33F2N7O3S. The summed E-state index contributed by atoms with van der Waals surface area (Å²) in [6.45, 7) is 8.12. The molecule has 0 unspecified atom stereocenters. The summed E-state index contributed by atoms with van der Waals surface area (Å²) in [5, 5.41) is 12.2. The Balaban J connectivity index is 1.44. The molecule has 6 heterocycles. The van der Waals surface area contributed by atoms with Gasteiger partial charge in [0.05, 0.1) is 37.2 Å². The van der Waals surface area contributed by atoms with Crippen LogP contribution >= 0.6 is 11.3 Å². The molecule has 0 fully saturated rings. The van der Waals surface area contributed by atoms with Crippen LogP contribution in [0.5, 0.6) is 5.75 Å². The van der Waals surface area contributed by atoms with E-state index in [1.54, 1.807) is 4.90 Å². The number of anilines is 1. The number of benzene rings is 1. The largest absolute Gasteiger partial charge is 0.490 e. The lowest BCUT2D eigenvalue weighted by molar-refractivity contribution is -0.129. The van der Waals surface area contributed by atoms with Gasteiger partial charge in [0.1, 0.15) is 41.2 Å². The molecular weight excluding hydrogens is 612 g/mol. The first-order chi connectivity index (χ1) is 22.3. The summed E-state index contributed by atoms with van der Waals surface area (Å²) in [7, 11) is 3.48. The van der Waals surface area contributed by atoms with Crippen molar-refractivity contribution in [3.8, 4) is 28.3 Å².